The van der Waals surface area contributed by atoms with Crippen LogP contribution in [0.2, 0.25) is 0 Å². The van der Waals surface area contributed by atoms with Crippen molar-refractivity contribution in [1.29, 1.82) is 0 Å². The summed E-state index contributed by atoms with van der Waals surface area (Å²) in [6.07, 6.45) is 1.58. The monoisotopic (exact) mass is 464 g/mol. The molecule has 0 spiro atoms. The van der Waals surface area contributed by atoms with Crippen LogP contribution in [0.5, 0.6) is 0 Å². The Morgan fingerprint density at radius 3 is 2.15 bits per heavy atom. The molecule has 1 saturated carbocycles. The number of amides is 2. The predicted molar refractivity (Wildman–Crippen MR) is 128 cm³/mol. The Kier molecular flexibility index (Phi) is 7.20. The number of alkyl carbamates (subject to hydrolysis) is 1. The summed E-state index contributed by atoms with van der Waals surface area (Å²) in [5.74, 6) is -0.935. The van der Waals surface area contributed by atoms with E-state index in [1.54, 1.807) is 0 Å². The molecule has 0 saturated heterocycles. The van der Waals surface area contributed by atoms with Crippen LogP contribution in [0, 0.1) is 11.8 Å². The van der Waals surface area contributed by atoms with Gasteiger partial charge in [0.05, 0.1) is 0 Å². The number of hydrogen-bond acceptors (Lipinski definition) is 4. The minimum Gasteiger partial charge on any atom is -0.480 e. The molecule has 2 aliphatic rings. The fourth-order valence-electron chi connectivity index (χ4n) is 5.04. The minimum atomic E-state index is -1.01. The van der Waals surface area contributed by atoms with Crippen LogP contribution in [0.4, 0.5) is 4.79 Å². The van der Waals surface area contributed by atoms with Crippen LogP contribution in [0.3, 0.4) is 0 Å². The topological polar surface area (TPSA) is 105 Å². The molecule has 4 rings (SSSR count). The summed E-state index contributed by atoms with van der Waals surface area (Å²) in [7, 11) is 0. The van der Waals surface area contributed by atoms with Gasteiger partial charge >= 0.3 is 12.1 Å². The zero-order chi connectivity index (χ0) is 24.2. The highest BCUT2D eigenvalue weighted by Crippen LogP contribution is 2.44. The zero-order valence-electron chi connectivity index (χ0n) is 19.6. The van der Waals surface area contributed by atoms with E-state index in [1.165, 1.54) is 22.3 Å². The van der Waals surface area contributed by atoms with E-state index in [4.69, 9.17) is 4.74 Å². The Labute approximate surface area is 199 Å². The smallest absolute Gasteiger partial charge is 0.407 e. The molecule has 2 amide bonds. The first-order valence-corrected chi connectivity index (χ1v) is 12.0. The third-order valence-electron chi connectivity index (χ3n) is 6.72. The van der Waals surface area contributed by atoms with Crippen LogP contribution in [-0.4, -0.2) is 41.8 Å². The van der Waals surface area contributed by atoms with E-state index in [2.05, 4.69) is 34.9 Å². The van der Waals surface area contributed by atoms with Crippen LogP contribution in [0.15, 0.2) is 48.5 Å². The molecule has 0 radical (unpaired) electrons. The van der Waals surface area contributed by atoms with E-state index in [-0.39, 0.29) is 42.7 Å². The van der Waals surface area contributed by atoms with Gasteiger partial charge in [-0.3, -0.25) is 4.79 Å². The minimum absolute atomic E-state index is 0.0176. The van der Waals surface area contributed by atoms with E-state index in [0.29, 0.717) is 19.3 Å². The lowest BCUT2D eigenvalue weighted by atomic mass is 9.78. The number of hydrogen-bond donors (Lipinski definition) is 3. The molecule has 1 unspecified atom stereocenters. The maximum Gasteiger partial charge on any atom is 0.407 e. The molecule has 0 aliphatic heterocycles. The van der Waals surface area contributed by atoms with Gasteiger partial charge in [-0.05, 0) is 53.4 Å². The van der Waals surface area contributed by atoms with Crippen LogP contribution in [0.1, 0.15) is 56.6 Å². The molecular formula is C27H32N2O5. The molecule has 2 aliphatic carbocycles. The highest BCUT2D eigenvalue weighted by atomic mass is 16.5. The van der Waals surface area contributed by atoms with Crippen LogP contribution >= 0.6 is 0 Å². The molecule has 180 valence electrons. The van der Waals surface area contributed by atoms with Crippen molar-refractivity contribution in [2.24, 2.45) is 11.8 Å². The van der Waals surface area contributed by atoms with Crippen molar-refractivity contribution >= 4 is 18.0 Å². The quantitative estimate of drug-likeness (QED) is 0.513. The van der Waals surface area contributed by atoms with Gasteiger partial charge in [0.15, 0.2) is 0 Å². The lowest BCUT2D eigenvalue weighted by Crippen LogP contribution is -2.47. The van der Waals surface area contributed by atoms with Gasteiger partial charge in [-0.1, -0.05) is 62.4 Å². The van der Waals surface area contributed by atoms with E-state index < -0.39 is 18.1 Å². The average molecular weight is 465 g/mol. The number of nitrogens with one attached hydrogen (secondary N) is 2. The predicted octanol–water partition coefficient (Wildman–Crippen LogP) is 4.31. The largest absolute Gasteiger partial charge is 0.480 e. The Hall–Kier alpha value is -3.35. The van der Waals surface area contributed by atoms with Gasteiger partial charge in [0, 0.05) is 18.4 Å². The van der Waals surface area contributed by atoms with Gasteiger partial charge in [0.25, 0.3) is 0 Å². The summed E-state index contributed by atoms with van der Waals surface area (Å²) in [5, 5.41) is 14.8. The number of ether oxygens (including phenoxy) is 1. The molecule has 7 heteroatoms. The summed E-state index contributed by atoms with van der Waals surface area (Å²) >= 11 is 0. The Morgan fingerprint density at radius 1 is 1.00 bits per heavy atom. The van der Waals surface area contributed by atoms with Crippen molar-refractivity contribution in [3.05, 3.63) is 59.7 Å². The first-order chi connectivity index (χ1) is 16.3. The van der Waals surface area contributed by atoms with Gasteiger partial charge in [0.1, 0.15) is 12.6 Å². The second-order valence-electron chi connectivity index (χ2n) is 9.80. The van der Waals surface area contributed by atoms with Crippen molar-refractivity contribution in [3.63, 3.8) is 0 Å². The van der Waals surface area contributed by atoms with Gasteiger partial charge in [-0.25, -0.2) is 9.59 Å². The molecule has 34 heavy (non-hydrogen) atoms. The number of carbonyl (C=O) groups is 3. The van der Waals surface area contributed by atoms with Gasteiger partial charge in [0.2, 0.25) is 5.91 Å². The van der Waals surface area contributed by atoms with Crippen molar-refractivity contribution in [3.8, 4) is 11.1 Å². The molecule has 1 fully saturated rings. The number of carboxylic acids is 1. The summed E-state index contributed by atoms with van der Waals surface area (Å²) < 4.78 is 5.58. The summed E-state index contributed by atoms with van der Waals surface area (Å²) in [4.78, 5) is 36.0. The van der Waals surface area contributed by atoms with E-state index >= 15 is 0 Å². The Morgan fingerprint density at radius 2 is 1.59 bits per heavy atom. The number of carbonyl (C=O) groups excluding carboxylic acids is 2. The third kappa shape index (κ3) is 5.41. The third-order valence-corrected chi connectivity index (χ3v) is 6.72. The fourth-order valence-corrected chi connectivity index (χ4v) is 5.04. The van der Waals surface area contributed by atoms with Crippen molar-refractivity contribution in [2.45, 2.75) is 57.5 Å². The van der Waals surface area contributed by atoms with Crippen LogP contribution in [0.25, 0.3) is 11.1 Å². The summed E-state index contributed by atoms with van der Waals surface area (Å²) in [6.45, 7) is 4.12. The zero-order valence-corrected chi connectivity index (χ0v) is 19.6. The van der Waals surface area contributed by atoms with E-state index in [9.17, 15) is 19.5 Å². The molecular weight excluding hydrogens is 432 g/mol. The Bertz CT molecular complexity index is 1010. The number of carboxylic acid groups (broad SMARTS) is 1. The lowest BCUT2D eigenvalue weighted by molar-refractivity contribution is -0.142. The lowest BCUT2D eigenvalue weighted by Gasteiger charge is -2.35. The molecule has 2 aromatic carbocycles. The molecule has 7 nitrogen and oxygen atoms in total. The summed E-state index contributed by atoms with van der Waals surface area (Å²) in [6, 6.07) is 15.5. The summed E-state index contributed by atoms with van der Waals surface area (Å²) in [5.41, 5.74) is 4.71. The number of benzene rings is 2. The number of aliphatic carboxylic acids is 1. The van der Waals surface area contributed by atoms with Crippen molar-refractivity contribution in [2.75, 3.05) is 6.61 Å². The second kappa shape index (κ2) is 10.3. The van der Waals surface area contributed by atoms with E-state index in [0.717, 1.165) is 0 Å². The molecule has 1 atom stereocenters. The van der Waals surface area contributed by atoms with Crippen molar-refractivity contribution in [1.82, 2.24) is 10.6 Å². The normalized spacial score (nSPS) is 19.5. The van der Waals surface area contributed by atoms with Gasteiger partial charge in [-0.15, -0.1) is 0 Å². The van der Waals surface area contributed by atoms with Crippen LogP contribution < -0.4 is 10.6 Å². The maximum atomic E-state index is 12.4. The van der Waals surface area contributed by atoms with Crippen molar-refractivity contribution < 1.29 is 24.2 Å². The Balaban J connectivity index is 1.21. The molecule has 3 N–H and O–H groups in total. The first kappa shape index (κ1) is 23.8. The standard InChI is InChI=1S/C27H32N2O5/c1-16(2)11-24(26(31)32)29-25(30)14-17-12-18(13-17)28-27(33)34-15-23-21-9-5-3-7-19(21)20-8-4-6-10-22(20)23/h3-10,16-18,23-24H,11-15H2,1-2H3,(H,28,33)(H,29,30)(H,31,32). The first-order valence-electron chi connectivity index (χ1n) is 12.0. The molecule has 0 bridgehead atoms. The highest BCUT2D eigenvalue weighted by molar-refractivity contribution is 5.83. The molecule has 0 aromatic heterocycles. The molecule has 2 aromatic rings. The molecule has 0 heterocycles. The van der Waals surface area contributed by atoms with Gasteiger partial charge in [-0.2, -0.15) is 0 Å². The second-order valence-corrected chi connectivity index (χ2v) is 9.80. The number of rotatable bonds is 9. The number of fused-ring (bicyclic) bond motifs is 3. The fraction of sp³-hybridized carbons (Fsp3) is 0.444. The average Bonchev–Trinajstić information content (AvgIpc) is 3.09. The highest BCUT2D eigenvalue weighted by Gasteiger charge is 2.34. The maximum absolute atomic E-state index is 12.4. The van der Waals surface area contributed by atoms with Crippen LogP contribution in [-0.2, 0) is 14.3 Å². The SMILES string of the molecule is CC(C)CC(NC(=O)CC1CC(NC(=O)OCC2c3ccccc3-c3ccccc32)C1)C(=O)O. The van der Waals surface area contributed by atoms with E-state index in [1.807, 2.05) is 38.1 Å². The van der Waals surface area contributed by atoms with Gasteiger partial charge < -0.3 is 20.5 Å².